The Labute approximate surface area is 621 Å². The first-order valence-corrected chi connectivity index (χ1v) is 39.0. The van der Waals surface area contributed by atoms with Gasteiger partial charge in [0.25, 0.3) is 0 Å². The molecule has 8 rings (SSSR count). The highest BCUT2D eigenvalue weighted by Gasteiger charge is 2.78. The molecule has 28 nitrogen and oxygen atoms in total. The minimum Gasteiger partial charge on any atom is -0.392 e. The summed E-state index contributed by atoms with van der Waals surface area (Å²) in [5, 5.41) is 145. The molecule has 1 heterocycles. The van der Waals surface area contributed by atoms with Crippen molar-refractivity contribution in [1.29, 1.82) is 0 Å². The van der Waals surface area contributed by atoms with Gasteiger partial charge in [0.05, 0.1) is 105 Å². The van der Waals surface area contributed by atoms with Crippen LogP contribution in [-0.4, -0.2) is 227 Å². The number of ether oxygens (including phenoxy) is 9. The molecule has 5 aliphatic rings. The molecule has 4 aliphatic carbocycles. The molecule has 2 bridgehead atoms. The van der Waals surface area contributed by atoms with Crippen LogP contribution in [0.25, 0.3) is 0 Å². The number of carbonyl (C=O) groups is 1. The van der Waals surface area contributed by atoms with E-state index < -0.39 is 179 Å². The molecule has 598 valence electrons. The van der Waals surface area contributed by atoms with E-state index in [2.05, 4.69) is 26.2 Å². The molecule has 1 amide bonds. The summed E-state index contributed by atoms with van der Waals surface area (Å²) in [6, 6.07) is 20.8. The summed E-state index contributed by atoms with van der Waals surface area (Å²) in [5.41, 5.74) is -4.28. The van der Waals surface area contributed by atoms with Gasteiger partial charge in [0, 0.05) is 79.1 Å². The van der Waals surface area contributed by atoms with Crippen molar-refractivity contribution in [2.75, 3.05) is 53.3 Å². The summed E-state index contributed by atoms with van der Waals surface area (Å²) in [6.45, 7) is 21.6. The van der Waals surface area contributed by atoms with Gasteiger partial charge in [0.1, 0.15) is 17.9 Å². The van der Waals surface area contributed by atoms with E-state index >= 15 is 0 Å². The third-order valence-electron chi connectivity index (χ3n) is 23.5. The van der Waals surface area contributed by atoms with Gasteiger partial charge in [-0.25, -0.2) is 5.43 Å². The normalized spacial score (nSPS) is 31.5. The maximum Gasteiger partial charge on any atom is 0.222 e. The zero-order valence-electron chi connectivity index (χ0n) is 63.2. The van der Waals surface area contributed by atoms with Crippen LogP contribution in [0.1, 0.15) is 182 Å². The first kappa shape index (κ1) is 87.0. The van der Waals surface area contributed by atoms with Gasteiger partial charge in [0.15, 0.2) is 25.2 Å². The second-order valence-corrected chi connectivity index (χ2v) is 33.5. The fourth-order valence-electron chi connectivity index (χ4n) is 16.9. The molecule has 0 radical (unpaired) electrons. The average Bonchev–Trinajstić information content (AvgIpc) is 0.752. The highest BCUT2D eigenvalue weighted by atomic mass is 32.3. The zero-order chi connectivity index (χ0) is 77.0. The van der Waals surface area contributed by atoms with E-state index in [1.54, 1.807) is 128 Å². The monoisotopic (exact) mass is 1510 g/mol. The SMILES string of the molecule is CCC(C)(CC)C(O)C(CCCCNC(=O)CCOCCOCCOC)NC(O)c1ccc(S(O)(O)NNC2CCC(C(O)O[C@H](C(O)O[C@@H]3CC4(O)[C@H](OC(O)c5ccccc5)[C@@H]5C(C)(C(O)CC6OC[C@@]65OC(C)O)C(O)C(O)C(C3C)C4(C)C)[C@H](NC(O)OC(C)(C)C)c3ccccc3)C2)cc1. The van der Waals surface area contributed by atoms with Crippen molar-refractivity contribution in [3.8, 4) is 0 Å². The lowest BCUT2D eigenvalue weighted by atomic mass is 9.42. The summed E-state index contributed by atoms with van der Waals surface area (Å²) in [5.74, 6) is -4.14. The minimum absolute atomic E-state index is 0.0879. The van der Waals surface area contributed by atoms with Gasteiger partial charge in [-0.05, 0) is 107 Å². The van der Waals surface area contributed by atoms with Crippen LogP contribution in [0, 0.1) is 39.9 Å². The van der Waals surface area contributed by atoms with Crippen LogP contribution in [0.15, 0.2) is 89.8 Å². The van der Waals surface area contributed by atoms with Crippen LogP contribution in [0.5, 0.6) is 0 Å². The van der Waals surface area contributed by atoms with E-state index in [0.29, 0.717) is 94.6 Å². The van der Waals surface area contributed by atoms with E-state index in [9.17, 15) is 70.1 Å². The quantitative estimate of drug-likeness (QED) is 0.0192. The maximum atomic E-state index is 14.2. The number of amides is 1. The molecule has 0 aromatic heterocycles. The first-order valence-electron chi connectivity index (χ1n) is 37.4. The van der Waals surface area contributed by atoms with Gasteiger partial charge in [-0.2, -0.15) is 4.83 Å². The third-order valence-corrected chi connectivity index (χ3v) is 24.8. The fourth-order valence-corrected chi connectivity index (χ4v) is 17.8. The molecule has 3 aromatic rings. The Kier molecular flexibility index (Phi) is 31.2. The maximum absolute atomic E-state index is 14.2. The molecular formula is C76H125N5O23S. The molecule has 24 atom stereocenters. The molecular weight excluding hydrogens is 1380 g/mol. The topological polar surface area (TPSA) is 423 Å². The second-order valence-electron chi connectivity index (χ2n) is 31.7. The third kappa shape index (κ3) is 20.6. The van der Waals surface area contributed by atoms with Crippen LogP contribution in [0.3, 0.4) is 0 Å². The molecule has 0 spiro atoms. The summed E-state index contributed by atoms with van der Waals surface area (Å²) < 4.78 is 77.8. The summed E-state index contributed by atoms with van der Waals surface area (Å²) in [7, 11) is -2.15. The van der Waals surface area contributed by atoms with Crippen molar-refractivity contribution in [3.63, 3.8) is 0 Å². The first-order chi connectivity index (χ1) is 49.5. The molecule has 5 fully saturated rings. The van der Waals surface area contributed by atoms with Crippen molar-refractivity contribution in [1.82, 2.24) is 26.2 Å². The van der Waals surface area contributed by atoms with Crippen molar-refractivity contribution in [3.05, 3.63) is 102 Å². The van der Waals surface area contributed by atoms with Crippen molar-refractivity contribution >= 4 is 16.7 Å². The Balaban J connectivity index is 0.984. The van der Waals surface area contributed by atoms with Crippen LogP contribution < -0.4 is 26.2 Å². The van der Waals surface area contributed by atoms with Gasteiger partial charge in [-0.1, -0.05) is 138 Å². The van der Waals surface area contributed by atoms with Crippen LogP contribution in [0.4, 0.5) is 0 Å². The molecule has 3 aromatic carbocycles. The van der Waals surface area contributed by atoms with Gasteiger partial charge >= 0.3 is 0 Å². The van der Waals surface area contributed by atoms with Gasteiger partial charge in [-0.3, -0.25) is 24.5 Å². The van der Waals surface area contributed by atoms with Crippen molar-refractivity contribution in [2.24, 2.45) is 39.9 Å². The number of hydrogen-bond acceptors (Lipinski definition) is 27. The lowest BCUT2D eigenvalue weighted by Gasteiger charge is -2.71. The number of fused-ring (bicyclic) bond motifs is 5. The smallest absolute Gasteiger partial charge is 0.222 e. The molecule has 105 heavy (non-hydrogen) atoms. The Bertz CT molecular complexity index is 3090. The highest BCUT2D eigenvalue weighted by Crippen LogP contribution is 2.66. The van der Waals surface area contributed by atoms with Crippen LogP contribution in [-0.2, 0) is 47.4 Å². The fraction of sp³-hybridized carbons (Fsp3) is 0.750. The molecule has 4 saturated carbocycles. The number of rotatable bonds is 41. The second kappa shape index (κ2) is 37.6. The molecule has 1 saturated heterocycles. The summed E-state index contributed by atoms with van der Waals surface area (Å²) in [4.78, 5) is 15.3. The van der Waals surface area contributed by atoms with Gasteiger partial charge in [-0.15, -0.1) is 0 Å². The summed E-state index contributed by atoms with van der Waals surface area (Å²) >= 11 is 0. The van der Waals surface area contributed by atoms with Gasteiger partial charge in [0.2, 0.25) is 12.3 Å². The van der Waals surface area contributed by atoms with E-state index in [1.165, 1.54) is 19.1 Å². The number of benzene rings is 3. The molecule has 18 unspecified atom stereocenters. The number of nitrogens with one attached hydrogen (secondary N) is 5. The number of hydrogen-bond donors (Lipinski definition) is 18. The van der Waals surface area contributed by atoms with E-state index in [4.69, 9.17) is 42.6 Å². The Morgan fingerprint density at radius 2 is 1.40 bits per heavy atom. The standard InChI is InChI=1S/C76H125N5O23S/c1-13-73(10,14-2)63(86)53(27-21-22-35-77-57(84)34-36-97-39-40-98-38-37-96-12)78-66(88)48-29-32-52(33-30-48)105(94,95)81-80-51-31-28-50(41-51)68(90)101-61(59(47-23-17-15-18-24-47)79-70(92)104-71(5,6)7)69(91)100-54-43-76(93)65(102-67(89)49-25-19-16-20-26-49)62-74(11,64(87)60(85)58(45(54)3)72(76,8)9)55(83)42-56-75(62,44-99-56)103-46(4)82/h15-20,23-26,29-30,32-33,45-46,50-51,53-56,58-70,78-83,85-95H,13-14,21-22,27-28,31,34-44H2,1-12H3,(H,77,84)/t45?,46?,50?,51?,53?,54-,55?,56?,58?,59-,60?,61+,62-,63?,64?,65-,66?,67?,68?,69?,70?,74?,75-,76?/m1/s1. The predicted octanol–water partition coefficient (Wildman–Crippen LogP) is 5.40. The number of hydrazine groups is 1. The minimum atomic E-state index is -3.75. The number of aliphatic hydroxyl groups excluding tert-OH is 10. The lowest BCUT2D eigenvalue weighted by molar-refractivity contribution is -0.417. The highest BCUT2D eigenvalue weighted by molar-refractivity contribution is 8.22. The Morgan fingerprint density at radius 1 is 0.771 bits per heavy atom. The zero-order valence-corrected chi connectivity index (χ0v) is 64.1. The number of unbranched alkanes of at least 4 members (excludes halogenated alkanes) is 1. The van der Waals surface area contributed by atoms with Crippen LogP contribution >= 0.6 is 10.8 Å². The van der Waals surface area contributed by atoms with Crippen molar-refractivity contribution in [2.45, 2.75) is 273 Å². The van der Waals surface area contributed by atoms with E-state index in [0.717, 1.165) is 0 Å². The van der Waals surface area contributed by atoms with Crippen LogP contribution in [0.2, 0.25) is 0 Å². The number of aliphatic hydroxyl groups is 11. The van der Waals surface area contributed by atoms with Gasteiger partial charge < -0.3 is 104 Å². The van der Waals surface area contributed by atoms with Crippen molar-refractivity contribution < 1.29 is 113 Å². The Hall–Kier alpha value is -3.56. The predicted molar refractivity (Wildman–Crippen MR) is 389 cm³/mol. The summed E-state index contributed by atoms with van der Waals surface area (Å²) in [6.07, 6.45) is -17.4. The van der Waals surface area contributed by atoms with E-state index in [-0.39, 0.29) is 43.3 Å². The molecule has 29 heteroatoms. The number of methoxy groups -OCH3 is 1. The largest absolute Gasteiger partial charge is 0.392 e. The Morgan fingerprint density at radius 3 is 2.00 bits per heavy atom. The lowest BCUT2D eigenvalue weighted by Crippen LogP contribution is -2.83. The average molecular weight is 1510 g/mol. The molecule has 18 N–H and O–H groups in total. The van der Waals surface area contributed by atoms with E-state index in [1.807, 2.05) is 20.8 Å². The molecule has 1 aliphatic heterocycles. The number of carbonyl (C=O) groups excluding carboxylic acids is 1.